The van der Waals surface area contributed by atoms with Gasteiger partial charge in [0.05, 0.1) is 37.9 Å². The van der Waals surface area contributed by atoms with E-state index >= 15 is 0 Å². The highest BCUT2D eigenvalue weighted by Crippen LogP contribution is 2.93. The van der Waals surface area contributed by atoms with Gasteiger partial charge >= 0.3 is 0 Å². The van der Waals surface area contributed by atoms with Crippen molar-refractivity contribution in [2.24, 2.45) is 0 Å². The second-order valence-corrected chi connectivity index (χ2v) is 55.9. The molecule has 0 fully saturated rings. The van der Waals surface area contributed by atoms with Gasteiger partial charge in [-0.15, -0.1) is 0 Å². The molecule has 652 valence electrons. The lowest BCUT2D eigenvalue weighted by Gasteiger charge is -2.55. The number of benzene rings is 22. The first-order chi connectivity index (χ1) is 67.0. The summed E-state index contributed by atoms with van der Waals surface area (Å²) in [6.07, 6.45) is 0. The summed E-state index contributed by atoms with van der Waals surface area (Å²) in [5.74, 6) is -0.0591. The van der Waals surface area contributed by atoms with Crippen LogP contribution in [0.2, 0.25) is 0 Å². The van der Waals surface area contributed by atoms with Crippen LogP contribution in [-0.4, -0.2) is 0 Å². The summed E-state index contributed by atoms with van der Waals surface area (Å²) in [4.78, 5) is 0. The van der Waals surface area contributed by atoms with Crippen LogP contribution in [0.1, 0.15) is 340 Å². The minimum atomic E-state index is -0.849. The predicted molar refractivity (Wildman–Crippen MR) is 579 cm³/mol. The van der Waals surface area contributed by atoms with E-state index in [1.807, 2.05) is 0 Å². The summed E-state index contributed by atoms with van der Waals surface area (Å²) in [6, 6.07) is 76.7. The molecule has 140 heavy (non-hydrogen) atoms. The standard InChI is InChI=1S/C140H92/c1-127(2,3)50-22-36-57(37-23-50)134-106-81-75-67-64-65-66-68-70(67)83-93-78(75)85(106)104-105-112(134)100-97-87-80-88-101(100)118-124(105)140(63-48-34-56(35-49-63)133(19,20)21)119(104)115(93)135(58-38-24-51(25-39-58)128(4,5)6)107(83)82-71(68)76-73(66)91-90-72(65)74-69(64)77(81)84(108(97)134)96-92(74)114-117(90)139(62-46-32-55(33-47-62)132(16,17)18)116(91)113-89(76)86-79(82)94-102-98-99(111(88)138(118,123(102)126(140)120(94)135)61-44-30-54(31-45-61)131(13,14)15)103-95(80)121(136(114,110(87)96)59-40-26-52(27-41-59)129(7,8)9)125(139)122(103)137(113,109(86)98)60-42-28-53(29-43-60)130(10,11)12/h22-49,106H,1-21H3/t106-,134?,135?,136?,137+,138+,139+,140-/m1/s1. The summed E-state index contributed by atoms with van der Waals surface area (Å²) >= 11 is 0. The molecule has 25 aromatic rings. The first-order valence-electron chi connectivity index (χ1n) is 53.1. The number of hydrogen-bond acceptors (Lipinski definition) is 0. The summed E-state index contributed by atoms with van der Waals surface area (Å²) in [6.45, 7) is 52.0. The molecule has 0 N–H and O–H groups in total. The van der Waals surface area contributed by atoms with Gasteiger partial charge in [0, 0.05) is 5.92 Å². The van der Waals surface area contributed by atoms with E-state index in [4.69, 9.17) is 0 Å². The Kier molecular flexibility index (Phi) is 8.98. The molecule has 0 heteroatoms. The van der Waals surface area contributed by atoms with Crippen molar-refractivity contribution in [3.05, 3.63) is 380 Å². The summed E-state index contributed by atoms with van der Waals surface area (Å²) in [5.41, 5.74) is 55.2. The Morgan fingerprint density at radius 2 is 0.379 bits per heavy atom. The van der Waals surface area contributed by atoms with Crippen LogP contribution in [0, 0.1) is 10.4 Å². The van der Waals surface area contributed by atoms with Gasteiger partial charge in [0.1, 0.15) is 0 Å². The van der Waals surface area contributed by atoms with Gasteiger partial charge in [0.15, 0.2) is 0 Å². The van der Waals surface area contributed by atoms with Crippen molar-refractivity contribution in [2.45, 2.75) is 227 Å². The Hall–Kier alpha value is -13.5. The average molecular weight is 1770 g/mol. The van der Waals surface area contributed by atoms with Crippen molar-refractivity contribution < 1.29 is 0 Å². The van der Waals surface area contributed by atoms with Crippen LogP contribution in [0.15, 0.2) is 175 Å². The second kappa shape index (κ2) is 17.9. The van der Waals surface area contributed by atoms with Crippen molar-refractivity contribution >= 4 is 194 Å². The molecule has 19 aliphatic rings. The molecule has 8 atom stereocenters. The lowest BCUT2D eigenvalue weighted by molar-refractivity contribution is 0.554. The molecule has 0 aliphatic heterocycles. The van der Waals surface area contributed by atoms with Crippen LogP contribution in [-0.2, 0) is 75.8 Å². The molecule has 0 saturated heterocycles. The SMILES string of the molecule is CC(C)(C)c1ccc(C23C4=C5C6=c7c4c4c8c9c7=c7c%10c%11c%12c(c%13c%14c%15c(c2c2c%16c3c4c3c4c%16c%16c%17c%18c%19c%20c%21c%22c%23c%19c%19c%24c(c%11c%11c(c%25c(c7%11)[C@]9(c7ccc(C(C)(C)C)cc7)c7c(c-%21c(c3c78)C4(c3ccc(C(C)(C)C)cc3)[C@@H]%20%17)[C@@]%22%25c3ccc(C(C)(C)C)cc3)C%23%24c3ccc(C(C)(C)C)cc3)c3c%12c%14c4c3c%19c%18c3c%16c2c%15c34)[C@@]5%13c2ccc(C(C)(C)C)cc2)[C@@]6%10c2ccc(C(C)(C)C)cc2)cc1. The van der Waals surface area contributed by atoms with Gasteiger partial charge in [-0.2, -0.15) is 0 Å². The van der Waals surface area contributed by atoms with Crippen molar-refractivity contribution in [3.8, 4) is 11.1 Å². The maximum absolute atomic E-state index is 2.81. The van der Waals surface area contributed by atoms with Crippen LogP contribution in [0.4, 0.5) is 0 Å². The minimum Gasteiger partial charge on any atom is -0.0582 e. The van der Waals surface area contributed by atoms with E-state index in [1.54, 1.807) is 338 Å². The molecule has 0 heterocycles. The maximum atomic E-state index is 2.81. The summed E-state index contributed by atoms with van der Waals surface area (Å²) in [5, 5.41) is 59.7. The molecular formula is C140H92. The van der Waals surface area contributed by atoms with E-state index in [2.05, 4.69) is 315 Å². The fourth-order valence-corrected chi connectivity index (χ4v) is 40.8. The van der Waals surface area contributed by atoms with Gasteiger partial charge < -0.3 is 0 Å². The first-order valence-corrected chi connectivity index (χ1v) is 53.1. The van der Waals surface area contributed by atoms with Crippen LogP contribution in [0.25, 0.3) is 205 Å². The van der Waals surface area contributed by atoms with E-state index in [1.165, 1.54) is 77.9 Å². The van der Waals surface area contributed by atoms with E-state index in [-0.39, 0.29) is 43.8 Å². The monoisotopic (exact) mass is 1770 g/mol. The highest BCUT2D eigenvalue weighted by Gasteiger charge is 2.81. The molecule has 0 nitrogen and oxygen atoms in total. The van der Waals surface area contributed by atoms with Gasteiger partial charge in [0.25, 0.3) is 0 Å². The minimum absolute atomic E-state index is 0.0591. The largest absolute Gasteiger partial charge is 0.0733 e. The van der Waals surface area contributed by atoms with Gasteiger partial charge in [0.2, 0.25) is 0 Å². The zero-order valence-corrected chi connectivity index (χ0v) is 82.7. The van der Waals surface area contributed by atoms with Crippen molar-refractivity contribution in [3.63, 3.8) is 0 Å². The molecule has 25 aromatic carbocycles. The quantitative estimate of drug-likeness (QED) is 0.110. The highest BCUT2D eigenvalue weighted by atomic mass is 14.8. The van der Waals surface area contributed by atoms with E-state index in [9.17, 15) is 0 Å². The Labute approximate surface area is 806 Å². The van der Waals surface area contributed by atoms with Crippen LogP contribution in [0.3, 0.4) is 0 Å². The molecule has 0 spiro atoms. The normalized spacial score (nSPS) is 25.0. The third-order valence-corrected chi connectivity index (χ3v) is 44.4. The maximum Gasteiger partial charge on any atom is 0.0733 e. The summed E-state index contributed by atoms with van der Waals surface area (Å²) < 4.78 is 0. The molecule has 3 unspecified atom stereocenters. The van der Waals surface area contributed by atoms with Crippen molar-refractivity contribution in [1.82, 2.24) is 0 Å². The van der Waals surface area contributed by atoms with E-state index in [0.717, 1.165) is 0 Å². The molecule has 0 radical (unpaired) electrons. The van der Waals surface area contributed by atoms with E-state index in [0.29, 0.717) is 0 Å². The van der Waals surface area contributed by atoms with Crippen LogP contribution >= 0.6 is 0 Å². The lowest BCUT2D eigenvalue weighted by Crippen LogP contribution is -2.50. The molecular weight excluding hydrogens is 1680 g/mol. The fraction of sp³-hybridized carbons (Fsp3) is 0.257. The Balaban J connectivity index is 0.886. The van der Waals surface area contributed by atoms with Gasteiger partial charge in [-0.25, -0.2) is 0 Å². The molecule has 19 aliphatic carbocycles. The van der Waals surface area contributed by atoms with Gasteiger partial charge in [-0.3, -0.25) is 0 Å². The topological polar surface area (TPSA) is 0 Å². The zero-order chi connectivity index (χ0) is 92.3. The number of rotatable bonds is 7. The van der Waals surface area contributed by atoms with E-state index < -0.39 is 37.9 Å². The van der Waals surface area contributed by atoms with Gasteiger partial charge in [-0.05, 0) is 454 Å². The first kappa shape index (κ1) is 70.2. The smallest absolute Gasteiger partial charge is 0.0582 e. The second-order valence-electron chi connectivity index (χ2n) is 55.9. The molecule has 44 rings (SSSR count). The fourth-order valence-electron chi connectivity index (χ4n) is 40.8. The molecule has 0 bridgehead atoms. The van der Waals surface area contributed by atoms with Crippen LogP contribution < -0.4 is 5.22 Å². The number of hydrogen-bond donors (Lipinski definition) is 0. The average Bonchev–Trinajstić information content (AvgIpc) is 1.37. The highest BCUT2D eigenvalue weighted by molar-refractivity contribution is 6.69. The van der Waals surface area contributed by atoms with Crippen molar-refractivity contribution in [1.29, 1.82) is 0 Å². The molecule has 0 amide bonds. The molecule has 0 aromatic heterocycles. The third kappa shape index (κ3) is 5.23. The van der Waals surface area contributed by atoms with Crippen molar-refractivity contribution in [2.75, 3.05) is 0 Å². The zero-order valence-electron chi connectivity index (χ0n) is 82.7. The molecule has 0 saturated carbocycles. The van der Waals surface area contributed by atoms with Crippen LogP contribution in [0.5, 0.6) is 0 Å². The lowest BCUT2D eigenvalue weighted by atomic mass is 9.44. The summed E-state index contributed by atoms with van der Waals surface area (Å²) in [7, 11) is 0. The predicted octanol–water partition coefficient (Wildman–Crippen LogP) is 32.8. The Morgan fingerprint density at radius 3 is 0.814 bits per heavy atom. The Bertz CT molecular complexity index is 11600. The third-order valence-electron chi connectivity index (χ3n) is 44.4. The Morgan fingerprint density at radius 1 is 0.143 bits per heavy atom. The van der Waals surface area contributed by atoms with Gasteiger partial charge in [-0.1, -0.05) is 315 Å². The number of allylic oxidation sites excluding steroid dienone is 2.